The SMILES string of the molecule is Cc1cc(-c2c(C)c(C)cc(C)c2C)cnc1N. The summed E-state index contributed by atoms with van der Waals surface area (Å²) < 4.78 is 0. The maximum atomic E-state index is 5.79. The van der Waals surface area contributed by atoms with Gasteiger partial charge in [-0.15, -0.1) is 0 Å². The number of aryl methyl sites for hydroxylation is 3. The van der Waals surface area contributed by atoms with Crippen LogP contribution in [0.3, 0.4) is 0 Å². The molecule has 0 aliphatic heterocycles. The van der Waals surface area contributed by atoms with Crippen LogP contribution in [-0.2, 0) is 0 Å². The summed E-state index contributed by atoms with van der Waals surface area (Å²) in [4.78, 5) is 4.27. The molecule has 0 spiro atoms. The number of anilines is 1. The Balaban J connectivity index is 2.74. The van der Waals surface area contributed by atoms with Crippen LogP contribution >= 0.6 is 0 Å². The molecule has 0 unspecified atom stereocenters. The summed E-state index contributed by atoms with van der Waals surface area (Å²) in [7, 11) is 0. The maximum Gasteiger partial charge on any atom is 0.126 e. The fourth-order valence-electron chi connectivity index (χ4n) is 2.37. The quantitative estimate of drug-likeness (QED) is 0.821. The molecule has 0 fully saturated rings. The largest absolute Gasteiger partial charge is 0.383 e. The lowest BCUT2D eigenvalue weighted by Crippen LogP contribution is -1.98. The molecule has 0 saturated heterocycles. The molecule has 0 aliphatic rings. The van der Waals surface area contributed by atoms with E-state index in [0.717, 1.165) is 11.1 Å². The summed E-state index contributed by atoms with van der Waals surface area (Å²) in [6.45, 7) is 10.6. The van der Waals surface area contributed by atoms with Crippen LogP contribution in [0.1, 0.15) is 27.8 Å². The Bertz CT molecular complexity index is 587. The summed E-state index contributed by atoms with van der Waals surface area (Å²) in [5.41, 5.74) is 14.6. The van der Waals surface area contributed by atoms with E-state index in [1.165, 1.54) is 27.8 Å². The standard InChI is InChI=1S/C16H20N2/c1-9-6-10(2)13(5)15(12(9)4)14-7-11(3)16(17)18-8-14/h6-8H,1-5H3,(H2,17,18). The number of nitrogens with zero attached hydrogens (tertiary/aromatic N) is 1. The number of hydrogen-bond donors (Lipinski definition) is 1. The zero-order valence-electron chi connectivity index (χ0n) is 11.8. The van der Waals surface area contributed by atoms with Gasteiger partial charge in [0.2, 0.25) is 0 Å². The van der Waals surface area contributed by atoms with Gasteiger partial charge in [-0.1, -0.05) is 6.07 Å². The van der Waals surface area contributed by atoms with Gasteiger partial charge in [-0.05, 0) is 74.1 Å². The molecule has 2 heteroatoms. The van der Waals surface area contributed by atoms with Gasteiger partial charge in [0.05, 0.1) is 0 Å². The number of aromatic nitrogens is 1. The monoisotopic (exact) mass is 240 g/mol. The summed E-state index contributed by atoms with van der Waals surface area (Å²) in [5.74, 6) is 0.610. The first-order valence-corrected chi connectivity index (χ1v) is 6.21. The lowest BCUT2D eigenvalue weighted by Gasteiger charge is -2.16. The molecule has 0 bridgehead atoms. The van der Waals surface area contributed by atoms with Crippen molar-refractivity contribution >= 4 is 5.82 Å². The molecular weight excluding hydrogens is 220 g/mol. The summed E-state index contributed by atoms with van der Waals surface area (Å²) in [6, 6.07) is 4.36. The van der Waals surface area contributed by atoms with E-state index in [1.54, 1.807) is 0 Å². The highest BCUT2D eigenvalue weighted by atomic mass is 14.8. The average Bonchev–Trinajstić information content (AvgIpc) is 2.31. The van der Waals surface area contributed by atoms with Crippen LogP contribution < -0.4 is 5.73 Å². The minimum atomic E-state index is 0.610. The minimum Gasteiger partial charge on any atom is -0.383 e. The fourth-order valence-corrected chi connectivity index (χ4v) is 2.37. The van der Waals surface area contributed by atoms with Gasteiger partial charge in [0.25, 0.3) is 0 Å². The van der Waals surface area contributed by atoms with Crippen molar-refractivity contribution in [2.24, 2.45) is 0 Å². The van der Waals surface area contributed by atoms with Crippen molar-refractivity contribution in [3.63, 3.8) is 0 Å². The molecule has 1 aromatic heterocycles. The van der Waals surface area contributed by atoms with Gasteiger partial charge in [-0.3, -0.25) is 0 Å². The molecule has 18 heavy (non-hydrogen) atoms. The van der Waals surface area contributed by atoms with E-state index >= 15 is 0 Å². The topological polar surface area (TPSA) is 38.9 Å². The highest BCUT2D eigenvalue weighted by molar-refractivity contribution is 5.74. The first-order chi connectivity index (χ1) is 8.41. The first-order valence-electron chi connectivity index (χ1n) is 6.21. The average molecular weight is 240 g/mol. The van der Waals surface area contributed by atoms with Crippen molar-refractivity contribution in [2.45, 2.75) is 34.6 Å². The molecule has 1 heterocycles. The summed E-state index contributed by atoms with van der Waals surface area (Å²) in [5, 5.41) is 0. The van der Waals surface area contributed by atoms with E-state index < -0.39 is 0 Å². The van der Waals surface area contributed by atoms with Crippen molar-refractivity contribution < 1.29 is 0 Å². The van der Waals surface area contributed by atoms with E-state index in [4.69, 9.17) is 5.73 Å². The van der Waals surface area contributed by atoms with E-state index in [2.05, 4.69) is 44.8 Å². The number of rotatable bonds is 1. The van der Waals surface area contributed by atoms with E-state index in [-0.39, 0.29) is 0 Å². The van der Waals surface area contributed by atoms with Crippen LogP contribution in [-0.4, -0.2) is 4.98 Å². The Morgan fingerprint density at radius 1 is 0.833 bits per heavy atom. The molecule has 2 nitrogen and oxygen atoms in total. The zero-order valence-corrected chi connectivity index (χ0v) is 11.8. The Labute approximate surface area is 109 Å². The number of pyridine rings is 1. The lowest BCUT2D eigenvalue weighted by atomic mass is 9.90. The van der Waals surface area contributed by atoms with Gasteiger partial charge < -0.3 is 5.73 Å². The third-order valence-corrected chi connectivity index (χ3v) is 3.77. The lowest BCUT2D eigenvalue weighted by molar-refractivity contribution is 1.22. The molecule has 1 aromatic carbocycles. The molecule has 2 N–H and O–H groups in total. The third kappa shape index (κ3) is 1.99. The van der Waals surface area contributed by atoms with Crippen molar-refractivity contribution in [3.8, 4) is 11.1 Å². The van der Waals surface area contributed by atoms with Gasteiger partial charge >= 0.3 is 0 Å². The number of hydrogen-bond acceptors (Lipinski definition) is 2. The van der Waals surface area contributed by atoms with E-state index in [9.17, 15) is 0 Å². The molecular formula is C16H20N2. The Hall–Kier alpha value is -1.83. The van der Waals surface area contributed by atoms with Gasteiger partial charge in [-0.25, -0.2) is 4.98 Å². The Morgan fingerprint density at radius 3 is 1.89 bits per heavy atom. The smallest absolute Gasteiger partial charge is 0.126 e. The van der Waals surface area contributed by atoms with Crippen molar-refractivity contribution in [2.75, 3.05) is 5.73 Å². The normalized spacial score (nSPS) is 10.7. The minimum absolute atomic E-state index is 0.610. The second kappa shape index (κ2) is 4.45. The van der Waals surface area contributed by atoms with Gasteiger partial charge in [0.1, 0.15) is 5.82 Å². The molecule has 0 saturated carbocycles. The van der Waals surface area contributed by atoms with Gasteiger partial charge in [0, 0.05) is 11.8 Å². The second-order valence-corrected chi connectivity index (χ2v) is 5.06. The molecule has 0 aliphatic carbocycles. The Morgan fingerprint density at radius 2 is 1.39 bits per heavy atom. The zero-order chi connectivity index (χ0) is 13.4. The van der Waals surface area contributed by atoms with E-state index in [1.807, 2.05) is 13.1 Å². The third-order valence-electron chi connectivity index (χ3n) is 3.77. The van der Waals surface area contributed by atoms with Crippen molar-refractivity contribution in [1.29, 1.82) is 0 Å². The highest BCUT2D eigenvalue weighted by Crippen LogP contribution is 2.32. The van der Waals surface area contributed by atoms with Crippen LogP contribution in [0.15, 0.2) is 18.3 Å². The molecule has 94 valence electrons. The summed E-state index contributed by atoms with van der Waals surface area (Å²) in [6.07, 6.45) is 1.87. The molecule has 2 aromatic rings. The first kappa shape index (κ1) is 12.6. The predicted molar refractivity (Wildman–Crippen MR) is 77.8 cm³/mol. The molecule has 2 rings (SSSR count). The van der Waals surface area contributed by atoms with Crippen LogP contribution in [0.25, 0.3) is 11.1 Å². The fraction of sp³-hybridized carbons (Fsp3) is 0.312. The molecule has 0 atom stereocenters. The molecule has 0 amide bonds. The molecule has 0 radical (unpaired) electrons. The Kier molecular flexibility index (Phi) is 3.12. The predicted octanol–water partition coefficient (Wildman–Crippen LogP) is 3.87. The van der Waals surface area contributed by atoms with Crippen molar-refractivity contribution in [1.82, 2.24) is 4.98 Å². The van der Waals surface area contributed by atoms with Crippen LogP contribution in [0.4, 0.5) is 5.82 Å². The number of benzene rings is 1. The van der Waals surface area contributed by atoms with E-state index in [0.29, 0.717) is 5.82 Å². The van der Waals surface area contributed by atoms with Crippen LogP contribution in [0.5, 0.6) is 0 Å². The number of nitrogen functional groups attached to an aromatic ring is 1. The summed E-state index contributed by atoms with van der Waals surface area (Å²) >= 11 is 0. The number of nitrogens with two attached hydrogens (primary N) is 1. The highest BCUT2D eigenvalue weighted by Gasteiger charge is 2.11. The van der Waals surface area contributed by atoms with Gasteiger partial charge in [-0.2, -0.15) is 0 Å². The van der Waals surface area contributed by atoms with Crippen molar-refractivity contribution in [3.05, 3.63) is 46.1 Å². The van der Waals surface area contributed by atoms with Crippen LogP contribution in [0, 0.1) is 34.6 Å². The van der Waals surface area contributed by atoms with Crippen LogP contribution in [0.2, 0.25) is 0 Å². The second-order valence-electron chi connectivity index (χ2n) is 5.06. The van der Waals surface area contributed by atoms with Gasteiger partial charge in [0.15, 0.2) is 0 Å². The maximum absolute atomic E-state index is 5.79.